The predicted molar refractivity (Wildman–Crippen MR) is 125 cm³/mol. The predicted octanol–water partition coefficient (Wildman–Crippen LogP) is 6.59. The van der Waals surface area contributed by atoms with Crippen LogP contribution in [0.4, 0.5) is 0 Å². The largest absolute Gasteiger partial charge is 0.438 e. The molecule has 0 saturated carbocycles. The van der Waals surface area contributed by atoms with Gasteiger partial charge in [0.2, 0.25) is 11.4 Å². The van der Waals surface area contributed by atoms with E-state index in [0.717, 1.165) is 34.0 Å². The van der Waals surface area contributed by atoms with Gasteiger partial charge in [0.25, 0.3) is 0 Å². The zero-order valence-corrected chi connectivity index (χ0v) is 19.1. The number of rotatable bonds is 3. The zero-order chi connectivity index (χ0) is 24.3. The molecule has 3 aromatic heterocycles. The van der Waals surface area contributed by atoms with Gasteiger partial charge in [-0.1, -0.05) is 40.7 Å². The minimum absolute atomic E-state index is 0.0412. The summed E-state index contributed by atoms with van der Waals surface area (Å²) in [7, 11) is 2.09. The van der Waals surface area contributed by atoms with Crippen LogP contribution in [0, 0.1) is 19.7 Å². The van der Waals surface area contributed by atoms with Crippen LogP contribution in [0.2, 0.25) is 0 Å². The van der Waals surface area contributed by atoms with E-state index < -0.39 is 6.85 Å². The molecule has 0 bridgehead atoms. The number of aromatic nitrogens is 2. The maximum atomic E-state index is 7.70. The van der Waals surface area contributed by atoms with Gasteiger partial charge in [0.05, 0.1) is 5.56 Å². The average Bonchev–Trinajstić information content (AvgIpc) is 3.05. The Morgan fingerprint density at radius 3 is 2.60 bits per heavy atom. The molecule has 0 amide bonds. The van der Waals surface area contributed by atoms with Crippen LogP contribution in [0.3, 0.4) is 0 Å². The summed E-state index contributed by atoms with van der Waals surface area (Å²) in [6, 6.07) is 9.75. The second-order valence-electron chi connectivity index (χ2n) is 9.84. The monoisotopic (exact) mass is 404 g/mol. The minimum atomic E-state index is -2.27. The lowest BCUT2D eigenvalue weighted by Crippen LogP contribution is -2.34. The van der Waals surface area contributed by atoms with Gasteiger partial charge in [-0.2, -0.15) is 0 Å². The highest BCUT2D eigenvalue weighted by atomic mass is 16.3. The van der Waals surface area contributed by atoms with Gasteiger partial charge >= 0.3 is 0 Å². The van der Waals surface area contributed by atoms with Crippen molar-refractivity contribution in [2.24, 2.45) is 13.0 Å². The van der Waals surface area contributed by atoms with Crippen LogP contribution in [0.25, 0.3) is 33.3 Å². The van der Waals surface area contributed by atoms with Crippen molar-refractivity contribution in [3.8, 4) is 11.3 Å². The van der Waals surface area contributed by atoms with Crippen LogP contribution in [0.1, 0.15) is 61.1 Å². The molecule has 156 valence electrons. The first kappa shape index (κ1) is 17.0. The molecule has 0 aliphatic rings. The van der Waals surface area contributed by atoms with Crippen LogP contribution in [-0.2, 0) is 18.9 Å². The summed E-state index contributed by atoms with van der Waals surface area (Å²) >= 11 is 0. The van der Waals surface area contributed by atoms with E-state index in [1.807, 2.05) is 12.1 Å². The first-order valence-electron chi connectivity index (χ1n) is 12.1. The molecule has 0 unspecified atom stereocenters. The molecular formula is C27H33N2O+. The number of fused-ring (bicyclic) bond motifs is 3. The number of aryl methyl sites for hydroxylation is 3. The molecule has 0 atom stereocenters. The topological polar surface area (TPSA) is 29.9 Å². The van der Waals surface area contributed by atoms with Crippen LogP contribution in [0.15, 0.2) is 40.9 Å². The van der Waals surface area contributed by atoms with E-state index in [9.17, 15) is 0 Å². The second kappa shape index (κ2) is 7.23. The summed E-state index contributed by atoms with van der Waals surface area (Å²) in [5.74, 6) is 0.542. The van der Waals surface area contributed by atoms with E-state index in [1.165, 1.54) is 11.1 Å². The summed E-state index contributed by atoms with van der Waals surface area (Å²) in [6.07, 6.45) is 3.27. The van der Waals surface area contributed by atoms with Crippen LogP contribution >= 0.6 is 0 Å². The molecule has 0 aliphatic heterocycles. The Morgan fingerprint density at radius 1 is 1.17 bits per heavy atom. The molecule has 0 radical (unpaired) electrons. The van der Waals surface area contributed by atoms with E-state index in [2.05, 4.69) is 76.5 Å². The van der Waals surface area contributed by atoms with Crippen LogP contribution in [0.5, 0.6) is 0 Å². The molecule has 0 fully saturated rings. The summed E-state index contributed by atoms with van der Waals surface area (Å²) in [5.41, 5.74) is 7.23. The molecule has 3 heteroatoms. The highest BCUT2D eigenvalue weighted by Crippen LogP contribution is 2.38. The Bertz CT molecular complexity index is 1360. The van der Waals surface area contributed by atoms with E-state index >= 15 is 0 Å². The summed E-state index contributed by atoms with van der Waals surface area (Å²) in [4.78, 5) is 4.34. The van der Waals surface area contributed by atoms with E-state index in [1.54, 1.807) is 6.07 Å². The van der Waals surface area contributed by atoms with Gasteiger partial charge in [-0.15, -0.1) is 0 Å². The Balaban J connectivity index is 2.04. The standard InChI is InChI=1S/C27H33N2O/c1-16(2)13-19-14-22(29(8)15-21(19)27(5,6)7)24-17(3)9-12-23-25(24)20-11-10-18(4)28-26(20)30-23/h9-12,14-16H,13H2,1-8H3/q+1/i4D3. The molecule has 4 aromatic rings. The van der Waals surface area contributed by atoms with Gasteiger partial charge in [-0.25, -0.2) is 9.55 Å². The molecule has 0 N–H and O–H groups in total. The fourth-order valence-corrected chi connectivity index (χ4v) is 4.41. The van der Waals surface area contributed by atoms with Crippen molar-refractivity contribution in [2.45, 2.75) is 60.2 Å². The van der Waals surface area contributed by atoms with Gasteiger partial charge in [-0.05, 0) is 60.9 Å². The number of pyridine rings is 2. The molecule has 30 heavy (non-hydrogen) atoms. The van der Waals surface area contributed by atoms with Crippen molar-refractivity contribution in [3.05, 3.63) is 58.9 Å². The van der Waals surface area contributed by atoms with Gasteiger partial charge in [0.1, 0.15) is 12.6 Å². The van der Waals surface area contributed by atoms with Crippen molar-refractivity contribution in [3.63, 3.8) is 0 Å². The van der Waals surface area contributed by atoms with Crippen molar-refractivity contribution >= 4 is 22.1 Å². The molecule has 3 heterocycles. The number of nitrogens with zero attached hydrogens (tertiary/aromatic N) is 2. The van der Waals surface area contributed by atoms with E-state index in [4.69, 9.17) is 8.53 Å². The molecule has 3 nitrogen and oxygen atoms in total. The van der Waals surface area contributed by atoms with Crippen molar-refractivity contribution in [2.75, 3.05) is 0 Å². The second-order valence-corrected chi connectivity index (χ2v) is 9.84. The fourth-order valence-electron chi connectivity index (χ4n) is 4.41. The van der Waals surface area contributed by atoms with Crippen molar-refractivity contribution in [1.29, 1.82) is 0 Å². The highest BCUT2D eigenvalue weighted by Gasteiger charge is 2.27. The smallest absolute Gasteiger partial charge is 0.227 e. The van der Waals surface area contributed by atoms with Crippen LogP contribution in [-0.4, -0.2) is 4.98 Å². The Kier molecular flexibility index (Phi) is 4.11. The van der Waals surface area contributed by atoms with Gasteiger partial charge < -0.3 is 4.42 Å². The number of hydrogen-bond acceptors (Lipinski definition) is 2. The van der Waals surface area contributed by atoms with Gasteiger partial charge in [0, 0.05) is 32.2 Å². The third kappa shape index (κ3) is 3.51. The Morgan fingerprint density at radius 2 is 1.93 bits per heavy atom. The third-order valence-corrected chi connectivity index (χ3v) is 5.76. The molecule has 0 aliphatic carbocycles. The molecule has 1 aromatic carbocycles. The van der Waals surface area contributed by atoms with E-state index in [0.29, 0.717) is 17.2 Å². The van der Waals surface area contributed by atoms with E-state index in [-0.39, 0.29) is 11.1 Å². The molecular weight excluding hydrogens is 368 g/mol. The van der Waals surface area contributed by atoms with Crippen molar-refractivity contribution < 1.29 is 13.1 Å². The maximum Gasteiger partial charge on any atom is 0.227 e. The van der Waals surface area contributed by atoms with Gasteiger partial charge in [0.15, 0.2) is 6.20 Å². The molecule has 0 spiro atoms. The Hall–Kier alpha value is -2.68. The van der Waals surface area contributed by atoms with Gasteiger partial charge in [-0.3, -0.25) is 0 Å². The SMILES string of the molecule is [2H]C([2H])([2H])c1ccc2c(n1)oc1ccc(C)c(-c3cc(CC(C)C)c(C(C)(C)C)c[n+]3C)c12. The minimum Gasteiger partial charge on any atom is -0.438 e. The summed E-state index contributed by atoms with van der Waals surface area (Å²) < 4.78 is 31.3. The summed E-state index contributed by atoms with van der Waals surface area (Å²) in [6.45, 7) is 11.1. The number of furan rings is 1. The molecule has 0 saturated heterocycles. The lowest BCUT2D eigenvalue weighted by atomic mass is 9.82. The normalized spacial score (nSPS) is 14.3. The quantitative estimate of drug-likeness (QED) is 0.361. The Labute approximate surface area is 184 Å². The lowest BCUT2D eigenvalue weighted by molar-refractivity contribution is -0.661. The maximum absolute atomic E-state index is 7.70. The first-order chi connectivity index (χ1) is 15.3. The average molecular weight is 405 g/mol. The first-order valence-corrected chi connectivity index (χ1v) is 10.6. The fraction of sp³-hybridized carbons (Fsp3) is 0.407. The third-order valence-electron chi connectivity index (χ3n) is 5.76. The summed E-state index contributed by atoms with van der Waals surface area (Å²) in [5, 5.41) is 1.81. The van der Waals surface area contributed by atoms with Crippen molar-refractivity contribution in [1.82, 2.24) is 4.98 Å². The zero-order valence-electron chi connectivity index (χ0n) is 22.1. The number of hydrogen-bond donors (Lipinski definition) is 0. The number of benzene rings is 1. The highest BCUT2D eigenvalue weighted by molar-refractivity contribution is 6.11. The molecule has 4 rings (SSSR count). The lowest BCUT2D eigenvalue weighted by Gasteiger charge is -2.23. The van der Waals surface area contributed by atoms with Crippen LogP contribution < -0.4 is 4.57 Å².